The van der Waals surface area contributed by atoms with Gasteiger partial charge in [-0.2, -0.15) is 0 Å². The van der Waals surface area contributed by atoms with Crippen LogP contribution < -0.4 is 10.5 Å². The number of carbonyl (C=O) groups is 1. The van der Waals surface area contributed by atoms with E-state index < -0.39 is 5.97 Å². The molecule has 0 saturated carbocycles. The highest BCUT2D eigenvalue weighted by Gasteiger charge is 2.10. The Labute approximate surface area is 117 Å². The zero-order valence-electron chi connectivity index (χ0n) is 11.5. The van der Waals surface area contributed by atoms with E-state index in [-0.39, 0.29) is 6.61 Å². The minimum absolute atomic E-state index is 0.271. The molecule has 0 amide bonds. The molecule has 6 nitrogen and oxygen atoms in total. The molecule has 2 rings (SSSR count). The van der Waals surface area contributed by atoms with Crippen LogP contribution >= 0.6 is 0 Å². The fourth-order valence-electron chi connectivity index (χ4n) is 1.82. The lowest BCUT2D eigenvalue weighted by Crippen LogP contribution is -2.12. The summed E-state index contributed by atoms with van der Waals surface area (Å²) < 4.78 is 12.2. The SMILES string of the molecule is COc1cc(N)cc(C(=O)OCCn2ccnc2C)c1. The van der Waals surface area contributed by atoms with E-state index in [1.807, 2.05) is 17.7 Å². The second-order valence-corrected chi connectivity index (χ2v) is 4.30. The Bertz CT molecular complexity index is 607. The van der Waals surface area contributed by atoms with Crippen LogP contribution in [0.4, 0.5) is 5.69 Å². The van der Waals surface area contributed by atoms with Gasteiger partial charge in [-0.3, -0.25) is 0 Å². The molecule has 0 radical (unpaired) electrons. The van der Waals surface area contributed by atoms with Crippen LogP contribution in [0.5, 0.6) is 5.75 Å². The van der Waals surface area contributed by atoms with Crippen molar-refractivity contribution in [2.75, 3.05) is 19.5 Å². The summed E-state index contributed by atoms with van der Waals surface area (Å²) in [5, 5.41) is 0. The summed E-state index contributed by atoms with van der Waals surface area (Å²) in [4.78, 5) is 16.0. The Morgan fingerprint density at radius 3 is 2.85 bits per heavy atom. The summed E-state index contributed by atoms with van der Waals surface area (Å²) in [6, 6.07) is 4.81. The first-order valence-corrected chi connectivity index (χ1v) is 6.19. The lowest BCUT2D eigenvalue weighted by molar-refractivity contribution is 0.0490. The van der Waals surface area contributed by atoms with Gasteiger partial charge in [-0.15, -0.1) is 0 Å². The Morgan fingerprint density at radius 2 is 2.20 bits per heavy atom. The first-order chi connectivity index (χ1) is 9.60. The molecule has 0 fully saturated rings. The quantitative estimate of drug-likeness (QED) is 0.663. The Kier molecular flexibility index (Phi) is 4.24. The first-order valence-electron chi connectivity index (χ1n) is 6.19. The van der Waals surface area contributed by atoms with Crippen molar-refractivity contribution in [3.63, 3.8) is 0 Å². The van der Waals surface area contributed by atoms with Crippen LogP contribution in [-0.4, -0.2) is 29.2 Å². The van der Waals surface area contributed by atoms with E-state index >= 15 is 0 Å². The molecule has 0 atom stereocenters. The normalized spacial score (nSPS) is 10.3. The summed E-state index contributed by atoms with van der Waals surface area (Å²) in [5.74, 6) is 0.988. The number of imidazole rings is 1. The van der Waals surface area contributed by atoms with Gasteiger partial charge in [-0.05, 0) is 19.1 Å². The number of nitrogen functional groups attached to an aromatic ring is 1. The monoisotopic (exact) mass is 275 g/mol. The van der Waals surface area contributed by atoms with Crippen molar-refractivity contribution in [3.05, 3.63) is 42.0 Å². The predicted molar refractivity (Wildman–Crippen MR) is 74.7 cm³/mol. The van der Waals surface area contributed by atoms with E-state index in [4.69, 9.17) is 15.2 Å². The van der Waals surface area contributed by atoms with Crippen molar-refractivity contribution >= 4 is 11.7 Å². The number of aryl methyl sites for hydroxylation is 1. The van der Waals surface area contributed by atoms with Gasteiger partial charge in [0.25, 0.3) is 0 Å². The zero-order chi connectivity index (χ0) is 14.5. The summed E-state index contributed by atoms with van der Waals surface area (Å²) in [5.41, 5.74) is 6.54. The van der Waals surface area contributed by atoms with Gasteiger partial charge in [0.15, 0.2) is 0 Å². The average molecular weight is 275 g/mol. The average Bonchev–Trinajstić information content (AvgIpc) is 2.83. The molecule has 1 aromatic carbocycles. The van der Waals surface area contributed by atoms with Crippen LogP contribution in [0, 0.1) is 6.92 Å². The topological polar surface area (TPSA) is 79.4 Å². The maximum Gasteiger partial charge on any atom is 0.338 e. The van der Waals surface area contributed by atoms with E-state index in [1.54, 1.807) is 24.4 Å². The second kappa shape index (κ2) is 6.10. The van der Waals surface area contributed by atoms with Crippen LogP contribution in [0.2, 0.25) is 0 Å². The third kappa shape index (κ3) is 3.28. The maximum atomic E-state index is 11.9. The lowest BCUT2D eigenvalue weighted by Gasteiger charge is -2.08. The fraction of sp³-hybridized carbons (Fsp3) is 0.286. The summed E-state index contributed by atoms with van der Waals surface area (Å²) in [7, 11) is 1.52. The van der Waals surface area contributed by atoms with Crippen LogP contribution in [0.15, 0.2) is 30.6 Å². The Balaban J connectivity index is 1.95. The Morgan fingerprint density at radius 1 is 1.40 bits per heavy atom. The number of nitrogens with two attached hydrogens (primary N) is 1. The second-order valence-electron chi connectivity index (χ2n) is 4.30. The molecule has 6 heteroatoms. The van der Waals surface area contributed by atoms with E-state index in [0.29, 0.717) is 23.5 Å². The molecule has 0 aliphatic rings. The number of esters is 1. The van der Waals surface area contributed by atoms with E-state index in [1.165, 1.54) is 7.11 Å². The summed E-state index contributed by atoms with van der Waals surface area (Å²) >= 11 is 0. The predicted octanol–water partition coefficient (Wildman–Crippen LogP) is 1.64. The molecule has 1 aromatic heterocycles. The number of benzene rings is 1. The molecule has 0 saturated heterocycles. The van der Waals surface area contributed by atoms with E-state index in [0.717, 1.165) is 5.82 Å². The van der Waals surface area contributed by atoms with Gasteiger partial charge in [0, 0.05) is 24.1 Å². The maximum absolute atomic E-state index is 11.9. The number of ether oxygens (including phenoxy) is 2. The fourth-order valence-corrected chi connectivity index (χ4v) is 1.82. The van der Waals surface area contributed by atoms with E-state index in [9.17, 15) is 4.79 Å². The van der Waals surface area contributed by atoms with Gasteiger partial charge in [0.1, 0.15) is 18.2 Å². The number of anilines is 1. The van der Waals surface area contributed by atoms with Gasteiger partial charge >= 0.3 is 5.97 Å². The highest BCUT2D eigenvalue weighted by Crippen LogP contribution is 2.19. The van der Waals surface area contributed by atoms with Gasteiger partial charge in [-0.25, -0.2) is 9.78 Å². The van der Waals surface area contributed by atoms with Gasteiger partial charge in [0.2, 0.25) is 0 Å². The largest absolute Gasteiger partial charge is 0.497 e. The Hall–Kier alpha value is -2.50. The molecule has 0 aliphatic carbocycles. The first kappa shape index (κ1) is 13.9. The number of methoxy groups -OCH3 is 1. The molecule has 2 aromatic rings. The van der Waals surface area contributed by atoms with Crippen molar-refractivity contribution in [1.82, 2.24) is 9.55 Å². The van der Waals surface area contributed by atoms with Gasteiger partial charge in [0.05, 0.1) is 19.2 Å². The molecule has 106 valence electrons. The molecular formula is C14H17N3O3. The summed E-state index contributed by atoms with van der Waals surface area (Å²) in [6.45, 7) is 2.73. The third-order valence-electron chi connectivity index (χ3n) is 2.89. The molecule has 1 heterocycles. The number of nitrogens with zero attached hydrogens (tertiary/aromatic N) is 2. The number of aromatic nitrogens is 2. The highest BCUT2D eigenvalue weighted by atomic mass is 16.5. The molecular weight excluding hydrogens is 258 g/mol. The number of rotatable bonds is 5. The zero-order valence-corrected chi connectivity index (χ0v) is 11.5. The molecule has 0 unspecified atom stereocenters. The summed E-state index contributed by atoms with van der Waals surface area (Å²) in [6.07, 6.45) is 3.55. The number of carbonyl (C=O) groups excluding carboxylic acids is 1. The molecule has 0 aliphatic heterocycles. The van der Waals surface area contributed by atoms with E-state index in [2.05, 4.69) is 4.98 Å². The molecule has 2 N–H and O–H groups in total. The van der Waals surface area contributed by atoms with Crippen LogP contribution in [0.1, 0.15) is 16.2 Å². The molecule has 0 bridgehead atoms. The lowest BCUT2D eigenvalue weighted by atomic mass is 10.2. The smallest absolute Gasteiger partial charge is 0.338 e. The van der Waals surface area contributed by atoms with Crippen molar-refractivity contribution in [2.45, 2.75) is 13.5 Å². The third-order valence-corrected chi connectivity index (χ3v) is 2.89. The van der Waals surface area contributed by atoms with Crippen LogP contribution in [0.3, 0.4) is 0 Å². The van der Waals surface area contributed by atoms with Crippen molar-refractivity contribution < 1.29 is 14.3 Å². The number of hydrogen-bond donors (Lipinski definition) is 1. The molecule has 20 heavy (non-hydrogen) atoms. The van der Waals surface area contributed by atoms with Crippen LogP contribution in [0.25, 0.3) is 0 Å². The van der Waals surface area contributed by atoms with Gasteiger partial charge in [-0.1, -0.05) is 0 Å². The van der Waals surface area contributed by atoms with Crippen LogP contribution in [-0.2, 0) is 11.3 Å². The van der Waals surface area contributed by atoms with Gasteiger partial charge < -0.3 is 19.8 Å². The van der Waals surface area contributed by atoms with Crippen molar-refractivity contribution in [2.24, 2.45) is 0 Å². The molecule has 0 spiro atoms. The highest BCUT2D eigenvalue weighted by molar-refractivity contribution is 5.91. The van der Waals surface area contributed by atoms with Crippen molar-refractivity contribution in [3.8, 4) is 5.75 Å². The standard InChI is InChI=1S/C14H17N3O3/c1-10-16-3-4-17(10)5-6-20-14(18)11-7-12(15)9-13(8-11)19-2/h3-4,7-9H,5-6,15H2,1-2H3. The minimum atomic E-state index is -0.423. The number of hydrogen-bond acceptors (Lipinski definition) is 5. The minimum Gasteiger partial charge on any atom is -0.497 e. The van der Waals surface area contributed by atoms with Crippen molar-refractivity contribution in [1.29, 1.82) is 0 Å².